The number of carboxylic acids is 1. The molecule has 1 aliphatic heterocycles. The molecule has 2 amide bonds. The lowest BCUT2D eigenvalue weighted by Gasteiger charge is -2.28. The van der Waals surface area contributed by atoms with Crippen molar-refractivity contribution < 1.29 is 14.7 Å². The number of aliphatic carboxylic acids is 1. The van der Waals surface area contributed by atoms with Crippen molar-refractivity contribution in [3.8, 4) is 0 Å². The Hall–Kier alpha value is -1.26. The molecule has 2 fully saturated rings. The smallest absolute Gasteiger partial charge is 0.326 e. The predicted octanol–water partition coefficient (Wildman–Crippen LogP) is 1.43. The first kappa shape index (κ1) is 12.2. The SMILES string of the molecule is CCC[C@H](NC(=O)N1CC2CCC1C2)C(=O)O. The molecule has 1 saturated carbocycles. The number of hydrogen-bond donors (Lipinski definition) is 2. The third kappa shape index (κ3) is 2.53. The molecule has 0 aromatic heterocycles. The number of hydrogen-bond acceptors (Lipinski definition) is 2. The first-order valence-corrected chi connectivity index (χ1v) is 6.41. The molecule has 3 atom stereocenters. The first-order chi connectivity index (χ1) is 8.11. The number of nitrogens with one attached hydrogen (secondary N) is 1. The van der Waals surface area contributed by atoms with Crippen LogP contribution in [0.5, 0.6) is 0 Å². The number of fused-ring (bicyclic) bond motifs is 2. The summed E-state index contributed by atoms with van der Waals surface area (Å²) in [5, 5.41) is 11.6. The average molecular weight is 240 g/mol. The second kappa shape index (κ2) is 4.94. The molecule has 1 aliphatic carbocycles. The van der Waals surface area contributed by atoms with Gasteiger partial charge in [0.05, 0.1) is 0 Å². The van der Waals surface area contributed by atoms with Gasteiger partial charge in [-0.3, -0.25) is 0 Å². The van der Waals surface area contributed by atoms with Crippen LogP contribution >= 0.6 is 0 Å². The van der Waals surface area contributed by atoms with E-state index in [1.165, 1.54) is 6.42 Å². The van der Waals surface area contributed by atoms with Gasteiger partial charge in [-0.05, 0) is 31.6 Å². The molecule has 0 aromatic carbocycles. The van der Waals surface area contributed by atoms with E-state index in [0.717, 1.165) is 25.8 Å². The number of piperidine rings is 1. The highest BCUT2D eigenvalue weighted by Crippen LogP contribution is 2.37. The van der Waals surface area contributed by atoms with Crippen LogP contribution in [0.1, 0.15) is 39.0 Å². The van der Waals surface area contributed by atoms with Gasteiger partial charge >= 0.3 is 12.0 Å². The lowest BCUT2D eigenvalue weighted by molar-refractivity contribution is -0.139. The first-order valence-electron chi connectivity index (χ1n) is 6.41. The van der Waals surface area contributed by atoms with Crippen molar-refractivity contribution in [1.82, 2.24) is 10.2 Å². The van der Waals surface area contributed by atoms with Crippen LogP contribution < -0.4 is 5.32 Å². The Labute approximate surface area is 101 Å². The molecule has 96 valence electrons. The lowest BCUT2D eigenvalue weighted by Crippen LogP contribution is -2.50. The van der Waals surface area contributed by atoms with E-state index < -0.39 is 12.0 Å². The fraction of sp³-hybridized carbons (Fsp3) is 0.833. The third-order valence-corrected chi connectivity index (χ3v) is 3.84. The fourth-order valence-corrected chi connectivity index (χ4v) is 2.95. The molecule has 5 heteroatoms. The summed E-state index contributed by atoms with van der Waals surface area (Å²) in [6.45, 7) is 2.72. The molecule has 2 aliphatic rings. The fourth-order valence-electron chi connectivity index (χ4n) is 2.95. The summed E-state index contributed by atoms with van der Waals surface area (Å²) < 4.78 is 0. The van der Waals surface area contributed by atoms with Gasteiger partial charge in [0.15, 0.2) is 0 Å². The number of urea groups is 1. The molecule has 5 nitrogen and oxygen atoms in total. The normalized spacial score (nSPS) is 28.2. The summed E-state index contributed by atoms with van der Waals surface area (Å²) in [4.78, 5) is 24.8. The van der Waals surface area contributed by atoms with Crippen LogP contribution in [-0.4, -0.2) is 40.6 Å². The minimum Gasteiger partial charge on any atom is -0.480 e. The van der Waals surface area contributed by atoms with Crippen molar-refractivity contribution in [1.29, 1.82) is 0 Å². The van der Waals surface area contributed by atoms with E-state index in [4.69, 9.17) is 5.11 Å². The minimum absolute atomic E-state index is 0.196. The van der Waals surface area contributed by atoms with E-state index in [2.05, 4.69) is 5.32 Å². The second-order valence-corrected chi connectivity index (χ2v) is 5.11. The van der Waals surface area contributed by atoms with Crippen molar-refractivity contribution in [3.05, 3.63) is 0 Å². The number of carboxylic acid groups (broad SMARTS) is 1. The van der Waals surface area contributed by atoms with Crippen LogP contribution in [0.2, 0.25) is 0 Å². The third-order valence-electron chi connectivity index (χ3n) is 3.84. The molecule has 1 saturated heterocycles. The molecule has 0 spiro atoms. The van der Waals surface area contributed by atoms with Gasteiger partial charge in [-0.1, -0.05) is 13.3 Å². The molecular weight excluding hydrogens is 220 g/mol. The van der Waals surface area contributed by atoms with Crippen molar-refractivity contribution in [2.75, 3.05) is 6.54 Å². The van der Waals surface area contributed by atoms with Crippen LogP contribution in [0.25, 0.3) is 0 Å². The second-order valence-electron chi connectivity index (χ2n) is 5.11. The zero-order valence-electron chi connectivity index (χ0n) is 10.2. The maximum atomic E-state index is 12.0. The summed E-state index contributed by atoms with van der Waals surface area (Å²) in [7, 11) is 0. The monoisotopic (exact) mass is 240 g/mol. The van der Waals surface area contributed by atoms with Gasteiger partial charge in [0, 0.05) is 12.6 Å². The van der Waals surface area contributed by atoms with Crippen molar-refractivity contribution in [3.63, 3.8) is 0 Å². The molecular formula is C12H20N2O3. The molecule has 0 aromatic rings. The molecule has 2 rings (SSSR count). The highest BCUT2D eigenvalue weighted by atomic mass is 16.4. The molecule has 2 N–H and O–H groups in total. The quantitative estimate of drug-likeness (QED) is 0.781. The van der Waals surface area contributed by atoms with Crippen molar-refractivity contribution in [2.24, 2.45) is 5.92 Å². The van der Waals surface area contributed by atoms with E-state index in [9.17, 15) is 9.59 Å². The minimum atomic E-state index is -0.940. The molecule has 2 bridgehead atoms. The summed E-state index contributed by atoms with van der Waals surface area (Å²) >= 11 is 0. The van der Waals surface area contributed by atoms with Gasteiger partial charge in [0.1, 0.15) is 6.04 Å². The standard InChI is InChI=1S/C12H20N2O3/c1-2-3-10(11(15)16)13-12(17)14-7-8-4-5-9(14)6-8/h8-10H,2-7H2,1H3,(H,13,17)(H,15,16)/t8?,9?,10-/m0/s1. The summed E-state index contributed by atoms with van der Waals surface area (Å²) in [6, 6.07) is -0.597. The van der Waals surface area contributed by atoms with Crippen molar-refractivity contribution >= 4 is 12.0 Å². The highest BCUT2D eigenvalue weighted by Gasteiger charge is 2.40. The average Bonchev–Trinajstić information content (AvgIpc) is 2.89. The van der Waals surface area contributed by atoms with E-state index in [-0.39, 0.29) is 6.03 Å². The number of carbonyl (C=O) groups is 2. The Kier molecular flexibility index (Phi) is 3.54. The van der Waals surface area contributed by atoms with Crippen LogP contribution in [-0.2, 0) is 4.79 Å². The summed E-state index contributed by atoms with van der Waals surface area (Å²) in [5.74, 6) is -0.301. The van der Waals surface area contributed by atoms with Gasteiger partial charge in [-0.25, -0.2) is 9.59 Å². The summed E-state index contributed by atoms with van der Waals surface area (Å²) in [6.07, 6.45) is 4.63. The maximum Gasteiger partial charge on any atom is 0.326 e. The number of carbonyl (C=O) groups excluding carboxylic acids is 1. The van der Waals surface area contributed by atoms with Gasteiger partial charge in [-0.15, -0.1) is 0 Å². The Morgan fingerprint density at radius 2 is 2.24 bits per heavy atom. The predicted molar refractivity (Wildman–Crippen MR) is 62.7 cm³/mol. The Bertz CT molecular complexity index is 319. The van der Waals surface area contributed by atoms with E-state index >= 15 is 0 Å². The van der Waals surface area contributed by atoms with Gasteiger partial charge in [-0.2, -0.15) is 0 Å². The number of amides is 2. The van der Waals surface area contributed by atoms with Gasteiger partial charge in [0.25, 0.3) is 0 Å². The molecule has 0 radical (unpaired) electrons. The van der Waals surface area contributed by atoms with Crippen molar-refractivity contribution in [2.45, 2.75) is 51.1 Å². The van der Waals surface area contributed by atoms with Crippen LogP contribution in [0, 0.1) is 5.92 Å². The number of rotatable bonds is 4. The topological polar surface area (TPSA) is 69.6 Å². The summed E-state index contributed by atoms with van der Waals surface area (Å²) in [5.41, 5.74) is 0. The van der Waals surface area contributed by atoms with Crippen LogP contribution in [0.3, 0.4) is 0 Å². The zero-order chi connectivity index (χ0) is 12.4. The van der Waals surface area contributed by atoms with E-state index in [1.807, 2.05) is 11.8 Å². The van der Waals surface area contributed by atoms with Gasteiger partial charge in [0.2, 0.25) is 0 Å². The van der Waals surface area contributed by atoms with E-state index in [1.54, 1.807) is 0 Å². The Morgan fingerprint density at radius 3 is 2.71 bits per heavy atom. The highest BCUT2D eigenvalue weighted by molar-refractivity contribution is 5.82. The molecule has 1 heterocycles. The maximum absolute atomic E-state index is 12.0. The number of nitrogens with zero attached hydrogens (tertiary/aromatic N) is 1. The van der Waals surface area contributed by atoms with E-state index in [0.29, 0.717) is 18.4 Å². The molecule has 2 unspecified atom stereocenters. The molecule has 17 heavy (non-hydrogen) atoms. The largest absolute Gasteiger partial charge is 0.480 e. The number of likely N-dealkylation sites (tertiary alicyclic amines) is 1. The van der Waals surface area contributed by atoms with Gasteiger partial charge < -0.3 is 15.3 Å². The van der Waals surface area contributed by atoms with Crippen LogP contribution in [0.4, 0.5) is 4.79 Å². The zero-order valence-corrected chi connectivity index (χ0v) is 10.2. The Balaban J connectivity index is 1.89. The lowest BCUT2D eigenvalue weighted by atomic mass is 10.1. The van der Waals surface area contributed by atoms with Crippen LogP contribution in [0.15, 0.2) is 0 Å². The Morgan fingerprint density at radius 1 is 1.47 bits per heavy atom.